The van der Waals surface area contributed by atoms with Crippen LogP contribution in [0.1, 0.15) is 42.7 Å². The van der Waals surface area contributed by atoms with Gasteiger partial charge in [0, 0.05) is 17.1 Å². The van der Waals surface area contributed by atoms with Gasteiger partial charge in [0.1, 0.15) is 5.75 Å². The Kier molecular flexibility index (Phi) is 5.28. The van der Waals surface area contributed by atoms with Crippen LogP contribution in [0.5, 0.6) is 5.75 Å². The van der Waals surface area contributed by atoms with Gasteiger partial charge in [-0.25, -0.2) is 0 Å². The molecule has 5 nitrogen and oxygen atoms in total. The maximum atomic E-state index is 12.7. The van der Waals surface area contributed by atoms with Crippen molar-refractivity contribution in [1.82, 2.24) is 4.98 Å². The molecule has 0 spiro atoms. The third-order valence-electron chi connectivity index (χ3n) is 6.80. The number of benzene rings is 2. The molecule has 2 N–H and O–H groups in total. The van der Waals surface area contributed by atoms with E-state index < -0.39 is 11.7 Å². The Morgan fingerprint density at radius 2 is 1.88 bits per heavy atom. The molecular weight excluding hydrogens is 431 g/mol. The monoisotopic (exact) mass is 453 g/mol. The number of ether oxygens (including phenoxy) is 1. The van der Waals surface area contributed by atoms with Crippen LogP contribution < -0.4 is 10.1 Å². The van der Waals surface area contributed by atoms with Crippen LogP contribution >= 0.6 is 0 Å². The van der Waals surface area contributed by atoms with E-state index in [-0.39, 0.29) is 29.8 Å². The summed E-state index contributed by atoms with van der Waals surface area (Å²) in [6, 6.07) is 13.1. The van der Waals surface area contributed by atoms with Crippen molar-refractivity contribution in [3.8, 4) is 11.8 Å². The van der Waals surface area contributed by atoms with Crippen LogP contribution in [-0.4, -0.2) is 17.0 Å². The number of alkyl halides is 3. The SMILES string of the molecule is N#CC1CCC1C(=O)Nc1c[nH]c2ccc(O[C@H]3C[C@H](c4ccc(C(F)(F)F)cc4)C3)cc12. The summed E-state index contributed by atoms with van der Waals surface area (Å²) in [6.45, 7) is 0. The molecule has 5 rings (SSSR count). The number of hydrogen-bond donors (Lipinski definition) is 2. The van der Waals surface area contributed by atoms with E-state index >= 15 is 0 Å². The summed E-state index contributed by atoms with van der Waals surface area (Å²) in [5, 5.41) is 12.8. The zero-order chi connectivity index (χ0) is 23.2. The molecule has 2 unspecified atom stereocenters. The third kappa shape index (κ3) is 4.15. The quantitative estimate of drug-likeness (QED) is 0.497. The van der Waals surface area contributed by atoms with Gasteiger partial charge in [0.2, 0.25) is 5.91 Å². The molecule has 1 heterocycles. The van der Waals surface area contributed by atoms with Gasteiger partial charge < -0.3 is 15.0 Å². The van der Waals surface area contributed by atoms with Gasteiger partial charge in [-0.1, -0.05) is 12.1 Å². The topological polar surface area (TPSA) is 77.9 Å². The fraction of sp³-hybridized carbons (Fsp3) is 0.360. The van der Waals surface area contributed by atoms with Gasteiger partial charge in [0.25, 0.3) is 0 Å². The van der Waals surface area contributed by atoms with Crippen LogP contribution in [0.2, 0.25) is 0 Å². The molecule has 170 valence electrons. The standard InChI is InChI=1S/C25H22F3N3O2/c26-25(27,28)17-4-1-14(2-5-17)16-9-19(10-16)33-18-6-8-22-21(11-18)23(13-30-22)31-24(32)20-7-3-15(20)12-29/h1-2,4-6,8,11,13,15-16,19-20,30H,3,7,9-10H2,(H,31,32)/t15?,16-,19-,20?. The van der Waals surface area contributed by atoms with E-state index in [1.54, 1.807) is 18.3 Å². The van der Waals surface area contributed by atoms with E-state index in [1.165, 1.54) is 0 Å². The Bertz CT molecular complexity index is 1220. The Balaban J connectivity index is 1.21. The van der Waals surface area contributed by atoms with Gasteiger partial charge in [-0.3, -0.25) is 4.79 Å². The Labute approximate surface area is 188 Å². The van der Waals surface area contributed by atoms with E-state index in [9.17, 15) is 18.0 Å². The second kappa shape index (κ2) is 8.14. The van der Waals surface area contributed by atoms with E-state index in [0.29, 0.717) is 11.4 Å². The average Bonchev–Trinajstić information content (AvgIpc) is 3.11. The van der Waals surface area contributed by atoms with Crippen molar-refractivity contribution in [2.24, 2.45) is 11.8 Å². The predicted octanol–water partition coefficient (Wildman–Crippen LogP) is 6.00. The first kappa shape index (κ1) is 21.4. The Morgan fingerprint density at radius 3 is 2.52 bits per heavy atom. The van der Waals surface area contributed by atoms with Crippen LogP contribution in [0, 0.1) is 23.2 Å². The minimum atomic E-state index is -4.33. The predicted molar refractivity (Wildman–Crippen MR) is 117 cm³/mol. The Hall–Kier alpha value is -3.47. The third-order valence-corrected chi connectivity index (χ3v) is 6.80. The van der Waals surface area contributed by atoms with Crippen LogP contribution in [0.4, 0.5) is 18.9 Å². The summed E-state index contributed by atoms with van der Waals surface area (Å²) < 4.78 is 44.3. The summed E-state index contributed by atoms with van der Waals surface area (Å²) in [7, 11) is 0. The van der Waals surface area contributed by atoms with Crippen LogP contribution in [0.3, 0.4) is 0 Å². The lowest BCUT2D eigenvalue weighted by Crippen LogP contribution is -2.35. The number of nitrogens with zero attached hydrogens (tertiary/aromatic N) is 1. The molecule has 0 radical (unpaired) electrons. The van der Waals surface area contributed by atoms with Gasteiger partial charge in [-0.15, -0.1) is 0 Å². The first-order chi connectivity index (χ1) is 15.8. The summed E-state index contributed by atoms with van der Waals surface area (Å²) in [6.07, 6.45) is 0.343. The summed E-state index contributed by atoms with van der Waals surface area (Å²) in [5.74, 6) is 0.228. The molecule has 2 aliphatic rings. The van der Waals surface area contributed by atoms with E-state index in [1.807, 2.05) is 18.2 Å². The molecule has 0 saturated heterocycles. The maximum absolute atomic E-state index is 12.7. The lowest BCUT2D eigenvalue weighted by Gasteiger charge is -2.36. The van der Waals surface area contributed by atoms with E-state index in [2.05, 4.69) is 16.4 Å². The number of H-pyrrole nitrogens is 1. The molecule has 3 aromatic rings. The van der Waals surface area contributed by atoms with Crippen molar-refractivity contribution in [2.45, 2.75) is 43.9 Å². The highest BCUT2D eigenvalue weighted by molar-refractivity contribution is 6.03. The summed E-state index contributed by atoms with van der Waals surface area (Å²) in [5.41, 5.74) is 1.77. The number of rotatable bonds is 5. The number of aromatic nitrogens is 1. The normalized spacial score (nSPS) is 24.4. The molecule has 0 aliphatic heterocycles. The van der Waals surface area contributed by atoms with Gasteiger partial charge in [0.15, 0.2) is 0 Å². The van der Waals surface area contributed by atoms with Gasteiger partial charge in [-0.2, -0.15) is 18.4 Å². The fourth-order valence-corrected chi connectivity index (χ4v) is 4.54. The first-order valence-corrected chi connectivity index (χ1v) is 11.0. The van der Waals surface area contributed by atoms with E-state index in [4.69, 9.17) is 10.00 Å². The molecule has 33 heavy (non-hydrogen) atoms. The highest BCUT2D eigenvalue weighted by atomic mass is 19.4. The van der Waals surface area contributed by atoms with Gasteiger partial charge in [-0.05, 0) is 67.5 Å². The molecule has 8 heteroatoms. The molecule has 2 aromatic carbocycles. The molecule has 2 saturated carbocycles. The molecule has 1 aromatic heterocycles. The Morgan fingerprint density at radius 1 is 1.12 bits per heavy atom. The van der Waals surface area contributed by atoms with Crippen molar-refractivity contribution in [1.29, 1.82) is 5.26 Å². The van der Waals surface area contributed by atoms with E-state index in [0.717, 1.165) is 54.3 Å². The number of fused-ring (bicyclic) bond motifs is 1. The van der Waals surface area contributed by atoms with Crippen LogP contribution in [0.15, 0.2) is 48.7 Å². The molecule has 2 aliphatic carbocycles. The van der Waals surface area contributed by atoms with Crippen molar-refractivity contribution in [3.05, 3.63) is 59.8 Å². The van der Waals surface area contributed by atoms with Crippen molar-refractivity contribution >= 4 is 22.5 Å². The first-order valence-electron chi connectivity index (χ1n) is 11.0. The molecular formula is C25H22F3N3O2. The largest absolute Gasteiger partial charge is 0.490 e. The van der Waals surface area contributed by atoms with Crippen molar-refractivity contribution < 1.29 is 22.7 Å². The second-order valence-electron chi connectivity index (χ2n) is 8.85. The molecule has 2 atom stereocenters. The number of carbonyl (C=O) groups excluding carboxylic acids is 1. The number of aromatic amines is 1. The molecule has 1 amide bonds. The number of anilines is 1. The highest BCUT2D eigenvalue weighted by Gasteiger charge is 2.37. The zero-order valence-corrected chi connectivity index (χ0v) is 17.7. The van der Waals surface area contributed by atoms with Crippen molar-refractivity contribution in [2.75, 3.05) is 5.32 Å². The minimum Gasteiger partial charge on any atom is -0.490 e. The van der Waals surface area contributed by atoms with Gasteiger partial charge in [0.05, 0.1) is 35.3 Å². The number of nitrogens with one attached hydrogen (secondary N) is 2. The minimum absolute atomic E-state index is 0.0157. The zero-order valence-electron chi connectivity index (χ0n) is 17.7. The smallest absolute Gasteiger partial charge is 0.416 e. The van der Waals surface area contributed by atoms with Crippen LogP contribution in [-0.2, 0) is 11.0 Å². The number of carbonyl (C=O) groups is 1. The fourth-order valence-electron chi connectivity index (χ4n) is 4.54. The molecule has 2 fully saturated rings. The average molecular weight is 453 g/mol. The maximum Gasteiger partial charge on any atom is 0.416 e. The van der Waals surface area contributed by atoms with Crippen LogP contribution in [0.25, 0.3) is 10.9 Å². The highest BCUT2D eigenvalue weighted by Crippen LogP contribution is 2.41. The lowest BCUT2D eigenvalue weighted by atomic mass is 9.74. The van der Waals surface area contributed by atoms with Crippen molar-refractivity contribution in [3.63, 3.8) is 0 Å². The van der Waals surface area contributed by atoms with Gasteiger partial charge >= 0.3 is 6.18 Å². The lowest BCUT2D eigenvalue weighted by molar-refractivity contribution is -0.137. The number of hydrogen-bond acceptors (Lipinski definition) is 3. The number of halogens is 3. The number of amides is 1. The molecule has 0 bridgehead atoms. The summed E-state index contributed by atoms with van der Waals surface area (Å²) >= 11 is 0. The second-order valence-corrected chi connectivity index (χ2v) is 8.85. The summed E-state index contributed by atoms with van der Waals surface area (Å²) in [4.78, 5) is 15.6. The number of nitriles is 1.